The molecular weight excluding hydrogens is 300 g/mol. The van der Waals surface area contributed by atoms with Crippen LogP contribution in [0.1, 0.15) is 64.2 Å². The lowest BCUT2D eigenvalue weighted by Gasteiger charge is -2.44. The van der Waals surface area contributed by atoms with Crippen LogP contribution in [0.2, 0.25) is 0 Å². The lowest BCUT2D eigenvalue weighted by molar-refractivity contribution is -0.113. The van der Waals surface area contributed by atoms with Crippen LogP contribution in [0.25, 0.3) is 0 Å². The summed E-state index contributed by atoms with van der Waals surface area (Å²) in [6.07, 6.45) is 15.0. The fraction of sp³-hybridized carbons (Fsp3) is 0.941. The second-order valence-electron chi connectivity index (χ2n) is 7.31. The van der Waals surface area contributed by atoms with E-state index in [0.717, 1.165) is 28.5 Å². The van der Waals surface area contributed by atoms with Gasteiger partial charge in [0.15, 0.2) is 0 Å². The van der Waals surface area contributed by atoms with Gasteiger partial charge in [0.05, 0.1) is 0 Å². The Labute approximate surface area is 126 Å². The van der Waals surface area contributed by atoms with Gasteiger partial charge >= 0.3 is 0 Å². The Kier molecular flexibility index (Phi) is 4.66. The van der Waals surface area contributed by atoms with E-state index in [-0.39, 0.29) is 0 Å². The van der Waals surface area contributed by atoms with Crippen LogP contribution in [-0.4, -0.2) is 11.1 Å². The van der Waals surface area contributed by atoms with Crippen molar-refractivity contribution in [1.29, 1.82) is 0 Å². The molecule has 0 heterocycles. The normalized spacial score (nSPS) is 47.4. The smallest absolute Gasteiger partial charge is 0.123 e. The number of halogens is 1. The van der Waals surface area contributed by atoms with Crippen molar-refractivity contribution in [3.8, 4) is 0 Å². The highest BCUT2D eigenvalue weighted by atomic mass is 79.9. The largest absolute Gasteiger partial charge is 0.303 e. The third-order valence-corrected chi connectivity index (χ3v) is 7.17. The maximum absolute atomic E-state index is 11.0. The third-order valence-electron chi connectivity index (χ3n) is 6.25. The second-order valence-corrected chi connectivity index (χ2v) is 8.61. The van der Waals surface area contributed by atoms with Crippen LogP contribution in [-0.2, 0) is 4.79 Å². The Morgan fingerprint density at radius 1 is 0.684 bits per heavy atom. The molecule has 0 N–H and O–H groups in total. The molecule has 4 unspecified atom stereocenters. The fourth-order valence-corrected chi connectivity index (χ4v) is 5.59. The number of aldehydes is 1. The monoisotopic (exact) mass is 326 g/mol. The van der Waals surface area contributed by atoms with E-state index in [1.165, 1.54) is 70.5 Å². The number of carbonyl (C=O) groups excluding carboxylic acids is 1. The zero-order valence-corrected chi connectivity index (χ0v) is 13.5. The molecular formula is C17H27BrO. The average molecular weight is 327 g/mol. The van der Waals surface area contributed by atoms with Crippen molar-refractivity contribution in [3.63, 3.8) is 0 Å². The molecule has 0 amide bonds. The van der Waals surface area contributed by atoms with Gasteiger partial charge in [-0.3, -0.25) is 0 Å². The molecule has 0 aromatic carbocycles. The molecule has 1 nitrogen and oxygen atoms in total. The van der Waals surface area contributed by atoms with E-state index in [9.17, 15) is 4.79 Å². The predicted octanol–water partition coefficient (Wildman–Crippen LogP) is 4.97. The van der Waals surface area contributed by atoms with Gasteiger partial charge in [0.25, 0.3) is 0 Å². The minimum atomic E-state index is 0.390. The maximum atomic E-state index is 11.0. The van der Waals surface area contributed by atoms with Crippen molar-refractivity contribution in [2.45, 2.75) is 69.0 Å². The van der Waals surface area contributed by atoms with Crippen molar-refractivity contribution in [2.24, 2.45) is 29.6 Å². The van der Waals surface area contributed by atoms with Crippen LogP contribution in [0, 0.1) is 29.6 Å². The minimum Gasteiger partial charge on any atom is -0.303 e. The number of hydrogen-bond acceptors (Lipinski definition) is 1. The van der Waals surface area contributed by atoms with Gasteiger partial charge in [-0.2, -0.15) is 0 Å². The molecule has 19 heavy (non-hydrogen) atoms. The summed E-state index contributed by atoms with van der Waals surface area (Å²) in [7, 11) is 0. The Morgan fingerprint density at radius 2 is 1.21 bits per heavy atom. The summed E-state index contributed by atoms with van der Waals surface area (Å²) >= 11 is 3.78. The van der Waals surface area contributed by atoms with Gasteiger partial charge in [0, 0.05) is 10.7 Å². The molecule has 0 bridgehead atoms. The molecule has 3 saturated carbocycles. The Hall–Kier alpha value is 0.150. The molecule has 0 aromatic rings. The van der Waals surface area contributed by atoms with Gasteiger partial charge in [-0.15, -0.1) is 0 Å². The number of rotatable bonds is 2. The van der Waals surface area contributed by atoms with Crippen molar-refractivity contribution >= 4 is 22.2 Å². The first-order chi connectivity index (χ1) is 9.26. The van der Waals surface area contributed by atoms with Gasteiger partial charge in [0.2, 0.25) is 0 Å². The second kappa shape index (κ2) is 6.28. The van der Waals surface area contributed by atoms with E-state index in [4.69, 9.17) is 0 Å². The van der Waals surface area contributed by atoms with E-state index in [0.29, 0.717) is 5.92 Å². The number of alkyl halides is 1. The van der Waals surface area contributed by atoms with Crippen LogP contribution in [0.3, 0.4) is 0 Å². The first kappa shape index (κ1) is 14.1. The van der Waals surface area contributed by atoms with Gasteiger partial charge in [-0.1, -0.05) is 15.9 Å². The Balaban J connectivity index is 1.53. The molecule has 4 atom stereocenters. The highest BCUT2D eigenvalue weighted by Gasteiger charge is 2.38. The number of hydrogen-bond donors (Lipinski definition) is 0. The van der Waals surface area contributed by atoms with Crippen LogP contribution < -0.4 is 0 Å². The molecule has 0 aliphatic heterocycles. The first-order valence-corrected chi connectivity index (χ1v) is 9.27. The topological polar surface area (TPSA) is 17.1 Å². The minimum absolute atomic E-state index is 0.390. The quantitative estimate of drug-likeness (QED) is 0.517. The van der Waals surface area contributed by atoms with E-state index < -0.39 is 0 Å². The summed E-state index contributed by atoms with van der Waals surface area (Å²) in [5.41, 5.74) is 0. The highest BCUT2D eigenvalue weighted by Crippen LogP contribution is 2.48. The lowest BCUT2D eigenvalue weighted by Crippen LogP contribution is -2.34. The van der Waals surface area contributed by atoms with E-state index >= 15 is 0 Å². The summed E-state index contributed by atoms with van der Waals surface area (Å²) in [5, 5.41) is 0. The summed E-state index contributed by atoms with van der Waals surface area (Å²) in [6, 6.07) is 0. The lowest BCUT2D eigenvalue weighted by atomic mass is 9.61. The van der Waals surface area contributed by atoms with Crippen molar-refractivity contribution < 1.29 is 4.79 Å². The van der Waals surface area contributed by atoms with Crippen LogP contribution in [0.15, 0.2) is 0 Å². The molecule has 3 aliphatic rings. The maximum Gasteiger partial charge on any atom is 0.123 e. The zero-order valence-electron chi connectivity index (χ0n) is 11.9. The molecule has 0 spiro atoms. The number of carbonyl (C=O) groups is 1. The van der Waals surface area contributed by atoms with Gasteiger partial charge in [-0.05, 0) is 87.9 Å². The first-order valence-electron chi connectivity index (χ1n) is 8.35. The molecule has 0 saturated heterocycles. The fourth-order valence-electron chi connectivity index (χ4n) is 5.06. The molecule has 3 fully saturated rings. The van der Waals surface area contributed by atoms with Crippen LogP contribution >= 0.6 is 15.9 Å². The SMILES string of the molecule is O=CC1CCC2CC(C3CCC(Br)CC3)CCC2C1. The van der Waals surface area contributed by atoms with E-state index in [1.54, 1.807) is 0 Å². The van der Waals surface area contributed by atoms with E-state index in [2.05, 4.69) is 15.9 Å². The molecule has 0 radical (unpaired) electrons. The Bertz CT molecular complexity index is 308. The van der Waals surface area contributed by atoms with Crippen molar-refractivity contribution in [1.82, 2.24) is 0 Å². The van der Waals surface area contributed by atoms with Gasteiger partial charge in [-0.25, -0.2) is 0 Å². The van der Waals surface area contributed by atoms with Crippen molar-refractivity contribution in [2.75, 3.05) is 0 Å². The van der Waals surface area contributed by atoms with Crippen molar-refractivity contribution in [3.05, 3.63) is 0 Å². The van der Waals surface area contributed by atoms with Crippen LogP contribution in [0.4, 0.5) is 0 Å². The average Bonchev–Trinajstić information content (AvgIpc) is 2.47. The number of fused-ring (bicyclic) bond motifs is 1. The Morgan fingerprint density at radius 3 is 1.89 bits per heavy atom. The van der Waals surface area contributed by atoms with Gasteiger partial charge < -0.3 is 4.79 Å². The molecule has 2 heteroatoms. The molecule has 3 rings (SSSR count). The summed E-state index contributed by atoms with van der Waals surface area (Å²) in [6.45, 7) is 0. The van der Waals surface area contributed by atoms with Crippen LogP contribution in [0.5, 0.6) is 0 Å². The standard InChI is InChI=1S/C17H27BrO/c18-17-7-5-13(6-8-17)15-4-3-14-9-12(11-19)1-2-16(14)10-15/h11-17H,1-10H2. The predicted molar refractivity (Wildman–Crippen MR) is 82.4 cm³/mol. The van der Waals surface area contributed by atoms with E-state index in [1.807, 2.05) is 0 Å². The summed E-state index contributed by atoms with van der Waals surface area (Å²) < 4.78 is 0. The molecule has 0 aromatic heterocycles. The highest BCUT2D eigenvalue weighted by molar-refractivity contribution is 9.09. The van der Waals surface area contributed by atoms with Gasteiger partial charge in [0.1, 0.15) is 6.29 Å². The zero-order chi connectivity index (χ0) is 13.2. The molecule has 108 valence electrons. The molecule has 3 aliphatic carbocycles. The summed E-state index contributed by atoms with van der Waals surface area (Å²) in [4.78, 5) is 11.8. The third kappa shape index (κ3) is 3.25. The summed E-state index contributed by atoms with van der Waals surface area (Å²) in [5.74, 6) is 4.25.